The number of carbonyl (C=O) groups excluding carboxylic acids is 3. The average Bonchev–Trinajstić information content (AvgIpc) is 3.30. The number of hydrogen-bond donors (Lipinski definition) is 1. The lowest BCUT2D eigenvalue weighted by molar-refractivity contribution is -0.130. The minimum absolute atomic E-state index is 0.0742. The van der Waals surface area contributed by atoms with Gasteiger partial charge in [0.1, 0.15) is 11.4 Å². The van der Waals surface area contributed by atoms with Gasteiger partial charge in [-0.05, 0) is 62.1 Å². The zero-order valence-electron chi connectivity index (χ0n) is 35.1. The molecule has 14 nitrogen and oxygen atoms in total. The number of ether oxygens (including phenoxy) is 1. The molecule has 14 heteroatoms. The lowest BCUT2D eigenvalue weighted by Crippen LogP contribution is -2.45. The van der Waals surface area contributed by atoms with Crippen LogP contribution in [0.4, 0.5) is 11.6 Å². The molecular formula is C47H50N8O6. The molecule has 0 atom stereocenters. The highest BCUT2D eigenvalue weighted by atomic mass is 16.5. The molecule has 2 aromatic heterocycles. The van der Waals surface area contributed by atoms with Gasteiger partial charge in [-0.15, -0.1) is 0 Å². The molecule has 2 aliphatic rings. The van der Waals surface area contributed by atoms with Crippen molar-refractivity contribution < 1.29 is 29.0 Å². The Morgan fingerprint density at radius 1 is 0.574 bits per heavy atom. The number of rotatable bonds is 8. The summed E-state index contributed by atoms with van der Waals surface area (Å²) in [5, 5.41) is 9.33. The molecule has 61 heavy (non-hydrogen) atoms. The molecule has 0 radical (unpaired) electrons. The maximum absolute atomic E-state index is 12.0. The third-order valence-corrected chi connectivity index (χ3v) is 11.7. The maximum atomic E-state index is 12.0. The first-order chi connectivity index (χ1) is 29.4. The zero-order chi connectivity index (χ0) is 43.2. The number of methoxy groups -OCH3 is 1. The highest BCUT2D eigenvalue weighted by molar-refractivity contribution is 5.95. The molecule has 0 bridgehead atoms. The Bertz CT molecular complexity index is 2560. The van der Waals surface area contributed by atoms with Gasteiger partial charge >= 0.3 is 11.9 Å². The van der Waals surface area contributed by atoms with Crippen LogP contribution in [0.2, 0.25) is 0 Å². The van der Waals surface area contributed by atoms with Crippen molar-refractivity contribution in [2.75, 3.05) is 57.2 Å². The quantitative estimate of drug-likeness (QED) is 0.157. The van der Waals surface area contributed by atoms with Crippen LogP contribution in [0.5, 0.6) is 0 Å². The Labute approximate surface area is 354 Å². The minimum Gasteiger partial charge on any atom is -0.478 e. The first-order valence-corrected chi connectivity index (χ1v) is 20.4. The molecule has 2 aliphatic heterocycles. The second kappa shape index (κ2) is 18.5. The van der Waals surface area contributed by atoms with Crippen molar-refractivity contribution in [1.29, 1.82) is 0 Å². The van der Waals surface area contributed by atoms with E-state index in [1.165, 1.54) is 7.11 Å². The van der Waals surface area contributed by atoms with E-state index in [4.69, 9.17) is 24.7 Å². The van der Waals surface area contributed by atoms with Crippen molar-refractivity contribution in [3.05, 3.63) is 108 Å². The van der Waals surface area contributed by atoms with Gasteiger partial charge in [-0.25, -0.2) is 29.5 Å². The van der Waals surface area contributed by atoms with Crippen molar-refractivity contribution in [3.63, 3.8) is 0 Å². The zero-order valence-corrected chi connectivity index (χ0v) is 35.1. The summed E-state index contributed by atoms with van der Waals surface area (Å²) in [5.74, 6) is 0.324. The van der Waals surface area contributed by atoms with Crippen molar-refractivity contribution in [3.8, 4) is 22.5 Å². The number of amides is 2. The maximum Gasteiger partial charge on any atom is 0.337 e. The Balaban J connectivity index is 0.000000184. The standard InChI is InChI=1S/C24H26N4O3.C23H24N4O3/c1-16(29)27(2)19-11-13-28(14-12-19)23-22(17-7-5-4-6-8-17)25-20-10-9-18(24(30)31-3)15-21(20)26-23;1-15(28)26(2)18-10-12-27(13-11-18)22-21(16-6-4-3-5-7-16)24-19-9-8-17(23(29)30)14-20(19)25-22/h4-10,15,19H,11-14H2,1-3H3;3-9,14,18H,10-13H2,1-2H3,(H,29,30). The predicted octanol–water partition coefficient (Wildman–Crippen LogP) is 6.97. The average molecular weight is 823 g/mol. The van der Waals surface area contributed by atoms with Crippen LogP contribution < -0.4 is 9.80 Å². The molecule has 0 unspecified atom stereocenters. The topological polar surface area (TPSA) is 162 Å². The number of piperidine rings is 2. The summed E-state index contributed by atoms with van der Waals surface area (Å²) < 4.78 is 4.85. The molecule has 0 aliphatic carbocycles. The summed E-state index contributed by atoms with van der Waals surface area (Å²) >= 11 is 0. The Hall–Kier alpha value is -6.96. The summed E-state index contributed by atoms with van der Waals surface area (Å²) in [5.41, 5.74) is 6.80. The number of aromatic nitrogens is 4. The monoisotopic (exact) mass is 822 g/mol. The third kappa shape index (κ3) is 9.43. The molecule has 2 amide bonds. The van der Waals surface area contributed by atoms with Crippen LogP contribution in [0.15, 0.2) is 97.1 Å². The molecule has 6 aromatic rings. The van der Waals surface area contributed by atoms with Gasteiger partial charge in [-0.3, -0.25) is 9.59 Å². The number of hydrogen-bond acceptors (Lipinski definition) is 11. The Morgan fingerprint density at radius 3 is 1.34 bits per heavy atom. The lowest BCUT2D eigenvalue weighted by atomic mass is 10.0. The summed E-state index contributed by atoms with van der Waals surface area (Å²) in [4.78, 5) is 74.4. The van der Waals surface area contributed by atoms with Gasteiger partial charge in [-0.2, -0.15) is 0 Å². The van der Waals surface area contributed by atoms with Crippen LogP contribution >= 0.6 is 0 Å². The van der Waals surface area contributed by atoms with Crippen LogP contribution in [-0.2, 0) is 14.3 Å². The molecule has 1 N–H and O–H groups in total. The first-order valence-electron chi connectivity index (χ1n) is 20.4. The number of carbonyl (C=O) groups is 4. The van der Waals surface area contributed by atoms with Gasteiger partial charge in [0.15, 0.2) is 11.6 Å². The fourth-order valence-corrected chi connectivity index (χ4v) is 7.93. The van der Waals surface area contributed by atoms with Crippen molar-refractivity contribution in [2.45, 2.75) is 51.6 Å². The normalized spacial score (nSPS) is 14.6. The first kappa shape index (κ1) is 42.2. The van der Waals surface area contributed by atoms with E-state index in [0.717, 1.165) is 91.5 Å². The van der Waals surface area contributed by atoms with E-state index in [1.54, 1.807) is 55.1 Å². The number of carboxylic acids is 1. The number of fused-ring (bicyclic) bond motifs is 2. The third-order valence-electron chi connectivity index (χ3n) is 11.7. The molecule has 4 aromatic carbocycles. The molecule has 0 saturated carbocycles. The van der Waals surface area contributed by atoms with Gasteiger partial charge in [0.25, 0.3) is 0 Å². The van der Waals surface area contributed by atoms with Crippen LogP contribution in [0.1, 0.15) is 60.2 Å². The van der Waals surface area contributed by atoms with Gasteiger partial charge < -0.3 is 29.4 Å². The molecule has 8 rings (SSSR count). The van der Waals surface area contributed by atoms with Crippen LogP contribution in [0, 0.1) is 0 Å². The molecular weight excluding hydrogens is 773 g/mol. The van der Waals surface area contributed by atoms with E-state index < -0.39 is 11.9 Å². The SMILES string of the molecule is CC(=O)N(C)C1CCN(c2nc3cc(C(=O)O)ccc3nc2-c2ccccc2)CC1.COC(=O)c1ccc2nc(-c3ccccc3)c(N3CCC(N(C)C(C)=O)CC3)nc2c1. The highest BCUT2D eigenvalue weighted by Crippen LogP contribution is 2.34. The summed E-state index contributed by atoms with van der Waals surface area (Å²) in [6.45, 7) is 6.25. The van der Waals surface area contributed by atoms with E-state index >= 15 is 0 Å². The number of anilines is 2. The number of aromatic carboxylic acids is 1. The highest BCUT2D eigenvalue weighted by Gasteiger charge is 2.29. The number of benzene rings is 4. The van der Waals surface area contributed by atoms with Crippen molar-refractivity contribution in [1.82, 2.24) is 29.7 Å². The number of nitrogens with zero attached hydrogens (tertiary/aromatic N) is 8. The smallest absolute Gasteiger partial charge is 0.337 e. The number of carboxylic acid groups (broad SMARTS) is 1. The molecule has 0 spiro atoms. The molecule has 314 valence electrons. The van der Waals surface area contributed by atoms with Crippen molar-refractivity contribution >= 4 is 57.5 Å². The molecule has 2 saturated heterocycles. The lowest BCUT2D eigenvalue weighted by Gasteiger charge is -2.37. The Morgan fingerprint density at radius 2 is 0.967 bits per heavy atom. The fraction of sp³-hybridized carbons (Fsp3) is 0.319. The van der Waals surface area contributed by atoms with Crippen LogP contribution in [-0.4, -0.2) is 118 Å². The summed E-state index contributed by atoms with van der Waals surface area (Å²) in [6, 6.07) is 30.4. The fourth-order valence-electron chi connectivity index (χ4n) is 7.93. The van der Waals surface area contributed by atoms with E-state index in [9.17, 15) is 24.3 Å². The second-order valence-corrected chi connectivity index (χ2v) is 15.4. The van der Waals surface area contributed by atoms with Crippen LogP contribution in [0.3, 0.4) is 0 Å². The van der Waals surface area contributed by atoms with Gasteiger partial charge in [-0.1, -0.05) is 60.7 Å². The van der Waals surface area contributed by atoms with Crippen LogP contribution in [0.25, 0.3) is 44.6 Å². The van der Waals surface area contributed by atoms with E-state index in [0.29, 0.717) is 22.1 Å². The van der Waals surface area contributed by atoms with Gasteiger partial charge in [0, 0.05) is 77.3 Å². The predicted molar refractivity (Wildman–Crippen MR) is 236 cm³/mol. The van der Waals surface area contributed by atoms with E-state index in [2.05, 4.69) is 9.80 Å². The summed E-state index contributed by atoms with van der Waals surface area (Å²) in [6.07, 6.45) is 3.43. The Kier molecular flexibility index (Phi) is 12.8. The van der Waals surface area contributed by atoms with Gasteiger partial charge in [0.05, 0.1) is 40.3 Å². The minimum atomic E-state index is -0.986. The molecule has 2 fully saturated rings. The van der Waals surface area contributed by atoms with E-state index in [1.807, 2.05) is 79.7 Å². The number of esters is 1. The van der Waals surface area contributed by atoms with Gasteiger partial charge in [0.2, 0.25) is 11.8 Å². The second-order valence-electron chi connectivity index (χ2n) is 15.4. The molecule has 4 heterocycles. The van der Waals surface area contributed by atoms with Crippen molar-refractivity contribution in [2.24, 2.45) is 0 Å². The summed E-state index contributed by atoms with van der Waals surface area (Å²) in [7, 11) is 5.08. The van der Waals surface area contributed by atoms with E-state index in [-0.39, 0.29) is 29.5 Å². The largest absolute Gasteiger partial charge is 0.478 e.